The van der Waals surface area contributed by atoms with Crippen LogP contribution in [0.15, 0.2) is 101 Å². The van der Waals surface area contributed by atoms with Gasteiger partial charge in [-0.25, -0.2) is 8.42 Å². The Bertz CT molecular complexity index is 1470. The van der Waals surface area contributed by atoms with Crippen LogP contribution in [0.2, 0.25) is 0 Å². The first kappa shape index (κ1) is 28.7. The summed E-state index contributed by atoms with van der Waals surface area (Å²) in [5.74, 6) is -1.16. The van der Waals surface area contributed by atoms with Crippen molar-refractivity contribution < 1.29 is 22.7 Å². The summed E-state index contributed by atoms with van der Waals surface area (Å²) in [6, 6.07) is 24.3. The molecule has 1 fully saturated rings. The third-order valence-electron chi connectivity index (χ3n) is 7.58. The van der Waals surface area contributed by atoms with Crippen molar-refractivity contribution in [2.24, 2.45) is 0 Å². The predicted molar refractivity (Wildman–Crippen MR) is 157 cm³/mol. The van der Waals surface area contributed by atoms with Gasteiger partial charge in [-0.3, -0.25) is 9.59 Å². The molecule has 5 rings (SSSR count). The summed E-state index contributed by atoms with van der Waals surface area (Å²) in [6.45, 7) is 2.34. The molecule has 41 heavy (non-hydrogen) atoms. The maximum absolute atomic E-state index is 13.9. The van der Waals surface area contributed by atoms with E-state index in [1.807, 2.05) is 54.6 Å². The number of hydrogen-bond acceptors (Lipinski definition) is 6. The number of hydrogen-bond donors (Lipinski definition) is 2. The Labute approximate surface area is 241 Å². The molecule has 3 atom stereocenters. The zero-order chi connectivity index (χ0) is 28.7. The Morgan fingerprint density at radius 2 is 1.61 bits per heavy atom. The Morgan fingerprint density at radius 1 is 0.951 bits per heavy atom. The van der Waals surface area contributed by atoms with Gasteiger partial charge in [0.2, 0.25) is 11.8 Å². The molecule has 0 spiro atoms. The number of fused-ring (bicyclic) bond motifs is 1. The number of morpholine rings is 1. The van der Waals surface area contributed by atoms with E-state index in [1.165, 1.54) is 0 Å². The number of nitrogens with one attached hydrogen (secondary N) is 2. The van der Waals surface area contributed by atoms with Crippen LogP contribution < -0.4 is 10.6 Å². The Hall–Kier alpha value is -3.79. The van der Waals surface area contributed by atoms with Crippen LogP contribution in [0.4, 0.5) is 0 Å². The third kappa shape index (κ3) is 7.11. The zero-order valence-electron chi connectivity index (χ0n) is 22.8. The molecule has 0 aliphatic carbocycles. The van der Waals surface area contributed by atoms with E-state index in [9.17, 15) is 18.0 Å². The number of carbonyl (C=O) groups excluding carboxylic acids is 2. The van der Waals surface area contributed by atoms with Crippen LogP contribution in [-0.4, -0.2) is 63.5 Å². The monoisotopic (exact) mass is 573 g/mol. The van der Waals surface area contributed by atoms with Crippen LogP contribution in [0.5, 0.6) is 0 Å². The summed E-state index contributed by atoms with van der Waals surface area (Å²) in [4.78, 5) is 29.6. The molecule has 0 bridgehead atoms. The summed E-state index contributed by atoms with van der Waals surface area (Å²) in [6.07, 6.45) is 2.67. The van der Waals surface area contributed by atoms with Crippen LogP contribution in [0.3, 0.4) is 0 Å². The first-order chi connectivity index (χ1) is 19.9. The number of sulfone groups is 1. The topological polar surface area (TPSA) is 105 Å². The highest BCUT2D eigenvalue weighted by molar-refractivity contribution is 7.94. The number of ether oxygens (including phenoxy) is 1. The molecule has 1 unspecified atom stereocenters. The maximum atomic E-state index is 13.9. The maximum Gasteiger partial charge on any atom is 0.238 e. The molecule has 2 N–H and O–H groups in total. The Balaban J connectivity index is 1.39. The minimum atomic E-state index is -3.70. The minimum Gasteiger partial charge on any atom is -0.378 e. The predicted octanol–water partition coefficient (Wildman–Crippen LogP) is 3.21. The second kappa shape index (κ2) is 13.2. The lowest BCUT2D eigenvalue weighted by Gasteiger charge is -2.37. The molecule has 1 saturated heterocycles. The molecular formula is C32H35N3O5S. The molecule has 0 radical (unpaired) electrons. The van der Waals surface area contributed by atoms with Gasteiger partial charge in [0.25, 0.3) is 0 Å². The molecule has 2 heterocycles. The van der Waals surface area contributed by atoms with E-state index in [0.29, 0.717) is 45.7 Å². The summed E-state index contributed by atoms with van der Waals surface area (Å²) in [7, 11) is -3.70. The van der Waals surface area contributed by atoms with Crippen molar-refractivity contribution in [1.29, 1.82) is 0 Å². The summed E-state index contributed by atoms with van der Waals surface area (Å²) in [5, 5.41) is 7.51. The van der Waals surface area contributed by atoms with Crippen molar-refractivity contribution in [2.45, 2.75) is 42.3 Å². The second-order valence-corrected chi connectivity index (χ2v) is 12.1. The average molecular weight is 574 g/mol. The van der Waals surface area contributed by atoms with Crippen molar-refractivity contribution in [3.63, 3.8) is 0 Å². The lowest BCUT2D eigenvalue weighted by atomic mass is 9.83. The van der Waals surface area contributed by atoms with Gasteiger partial charge < -0.3 is 20.3 Å². The lowest BCUT2D eigenvalue weighted by molar-refractivity contribution is -0.140. The number of carbonyl (C=O) groups is 2. The van der Waals surface area contributed by atoms with Gasteiger partial charge in [-0.05, 0) is 41.7 Å². The number of nitrogens with zero attached hydrogens (tertiary/aromatic N) is 1. The standard InChI is InChI=1S/C32H35N3O5S/c36-31(30-29(32(37)35-18-20-40-21-19-35)28-14-8-7-11-25(28)23-33-30)34-26(16-15-24-9-3-1-4-10-24)17-22-41(38,39)27-12-5-2-6-13-27/h1-14,17,22,26,29-30,33H,15-16,18-21,23H2,(H,34,36)/b22-17+/t26-,29?,30-/m0/s1. The number of benzene rings is 3. The van der Waals surface area contributed by atoms with E-state index in [0.717, 1.165) is 22.1 Å². The molecule has 9 heteroatoms. The van der Waals surface area contributed by atoms with E-state index in [2.05, 4.69) is 10.6 Å². The van der Waals surface area contributed by atoms with E-state index >= 15 is 0 Å². The van der Waals surface area contributed by atoms with Crippen molar-refractivity contribution in [2.75, 3.05) is 26.3 Å². The largest absolute Gasteiger partial charge is 0.378 e. The van der Waals surface area contributed by atoms with E-state index in [1.54, 1.807) is 41.3 Å². The highest BCUT2D eigenvalue weighted by atomic mass is 32.2. The first-order valence-electron chi connectivity index (χ1n) is 13.9. The van der Waals surface area contributed by atoms with Crippen LogP contribution in [-0.2, 0) is 37.1 Å². The van der Waals surface area contributed by atoms with Gasteiger partial charge >= 0.3 is 0 Å². The van der Waals surface area contributed by atoms with Crippen LogP contribution in [0, 0.1) is 0 Å². The fourth-order valence-electron chi connectivity index (χ4n) is 5.36. The fourth-order valence-corrected chi connectivity index (χ4v) is 6.45. The van der Waals surface area contributed by atoms with Gasteiger partial charge in [0.1, 0.15) is 6.04 Å². The normalized spacial score (nSPS) is 19.9. The lowest BCUT2D eigenvalue weighted by Crippen LogP contribution is -2.57. The molecule has 214 valence electrons. The molecule has 8 nitrogen and oxygen atoms in total. The van der Waals surface area contributed by atoms with Gasteiger partial charge in [-0.15, -0.1) is 0 Å². The Kier molecular flexibility index (Phi) is 9.28. The number of rotatable bonds is 9. The summed E-state index contributed by atoms with van der Waals surface area (Å²) < 4.78 is 31.4. The zero-order valence-corrected chi connectivity index (χ0v) is 23.6. The van der Waals surface area contributed by atoms with Crippen LogP contribution >= 0.6 is 0 Å². The van der Waals surface area contributed by atoms with Crippen molar-refractivity contribution in [3.8, 4) is 0 Å². The van der Waals surface area contributed by atoms with Gasteiger partial charge in [0, 0.05) is 31.1 Å². The summed E-state index contributed by atoms with van der Waals surface area (Å²) >= 11 is 0. The Morgan fingerprint density at radius 3 is 2.34 bits per heavy atom. The SMILES string of the molecule is O=C(N[C@H](/C=C/S(=O)(=O)c1ccccc1)CCc1ccccc1)[C@H]1NCc2ccccc2C1C(=O)N1CCOCC1. The van der Waals surface area contributed by atoms with Crippen molar-refractivity contribution >= 4 is 21.7 Å². The molecule has 3 aromatic carbocycles. The highest BCUT2D eigenvalue weighted by Gasteiger charge is 2.41. The van der Waals surface area contributed by atoms with E-state index in [-0.39, 0.29) is 16.7 Å². The molecule has 2 aliphatic heterocycles. The third-order valence-corrected chi connectivity index (χ3v) is 9.03. The fraction of sp³-hybridized carbons (Fsp3) is 0.312. The number of aryl methyl sites for hydroxylation is 1. The van der Waals surface area contributed by atoms with E-state index in [4.69, 9.17) is 4.74 Å². The van der Waals surface area contributed by atoms with E-state index < -0.39 is 27.8 Å². The smallest absolute Gasteiger partial charge is 0.238 e. The van der Waals surface area contributed by atoms with Gasteiger partial charge in [0.15, 0.2) is 9.84 Å². The van der Waals surface area contributed by atoms with Gasteiger partial charge in [0.05, 0.1) is 24.0 Å². The molecular weight excluding hydrogens is 538 g/mol. The van der Waals surface area contributed by atoms with Gasteiger partial charge in [-0.2, -0.15) is 0 Å². The molecule has 0 aromatic heterocycles. The highest BCUT2D eigenvalue weighted by Crippen LogP contribution is 2.31. The molecule has 0 saturated carbocycles. The quantitative estimate of drug-likeness (QED) is 0.408. The molecule has 2 amide bonds. The first-order valence-corrected chi connectivity index (χ1v) is 15.5. The number of amides is 2. The summed E-state index contributed by atoms with van der Waals surface area (Å²) in [5.41, 5.74) is 2.90. The molecule has 2 aliphatic rings. The average Bonchev–Trinajstić information content (AvgIpc) is 3.02. The van der Waals surface area contributed by atoms with Crippen LogP contribution in [0.1, 0.15) is 29.0 Å². The second-order valence-electron chi connectivity index (χ2n) is 10.3. The molecule has 3 aromatic rings. The van der Waals surface area contributed by atoms with Crippen LogP contribution in [0.25, 0.3) is 0 Å². The van der Waals surface area contributed by atoms with Gasteiger partial charge in [-0.1, -0.05) is 78.9 Å². The van der Waals surface area contributed by atoms with Crippen molar-refractivity contribution in [1.82, 2.24) is 15.5 Å². The minimum absolute atomic E-state index is 0.115. The van der Waals surface area contributed by atoms with Crippen molar-refractivity contribution in [3.05, 3.63) is 113 Å².